The third-order valence-electron chi connectivity index (χ3n) is 5.35. The van der Waals surface area contributed by atoms with Crippen molar-refractivity contribution >= 4 is 29.1 Å². The van der Waals surface area contributed by atoms with Gasteiger partial charge in [0.2, 0.25) is 5.28 Å². The fourth-order valence-electron chi connectivity index (χ4n) is 4.03. The molecule has 2 aromatic rings. The Morgan fingerprint density at radius 2 is 2.24 bits per heavy atom. The first-order valence-electron chi connectivity index (χ1n) is 9.56. The van der Waals surface area contributed by atoms with E-state index in [2.05, 4.69) is 26.3 Å². The number of nitriles is 1. The lowest BCUT2D eigenvalue weighted by Gasteiger charge is -2.35. The number of methoxy groups -OCH3 is 1. The summed E-state index contributed by atoms with van der Waals surface area (Å²) < 4.78 is 19.9. The Labute approximate surface area is 174 Å². The van der Waals surface area contributed by atoms with Gasteiger partial charge in [-0.1, -0.05) is 6.07 Å². The van der Waals surface area contributed by atoms with Crippen LogP contribution in [0.25, 0.3) is 11.6 Å². The summed E-state index contributed by atoms with van der Waals surface area (Å²) in [6.07, 6.45) is 3.65. The number of piperazine rings is 1. The molecule has 0 amide bonds. The monoisotopic (exact) mass is 413 g/mol. The molecule has 1 aromatic heterocycles. The van der Waals surface area contributed by atoms with Crippen molar-refractivity contribution in [1.29, 1.82) is 5.26 Å². The number of hydrogen-bond donors (Lipinski definition) is 1. The lowest BCUT2D eigenvalue weighted by atomic mass is 9.90. The summed E-state index contributed by atoms with van der Waals surface area (Å²) in [6, 6.07) is 7.13. The predicted molar refractivity (Wildman–Crippen MR) is 110 cm³/mol. The first-order valence-corrected chi connectivity index (χ1v) is 9.93. The van der Waals surface area contributed by atoms with Crippen molar-refractivity contribution in [1.82, 2.24) is 15.3 Å². The van der Waals surface area contributed by atoms with Crippen molar-refractivity contribution in [3.63, 3.8) is 0 Å². The van der Waals surface area contributed by atoms with Gasteiger partial charge in [0.1, 0.15) is 17.4 Å². The van der Waals surface area contributed by atoms with Crippen LogP contribution in [0.4, 0.5) is 10.2 Å². The molecule has 150 valence electrons. The topological polar surface area (TPSA) is 74.1 Å². The average Bonchev–Trinajstić information content (AvgIpc) is 2.73. The van der Waals surface area contributed by atoms with Gasteiger partial charge in [0.25, 0.3) is 0 Å². The largest absolute Gasteiger partial charge is 0.496 e. The lowest BCUT2D eigenvalue weighted by molar-refractivity contribution is 0.409. The third kappa shape index (κ3) is 3.91. The van der Waals surface area contributed by atoms with Gasteiger partial charge in [0.15, 0.2) is 0 Å². The molecule has 1 saturated heterocycles. The Morgan fingerprint density at radius 3 is 3.03 bits per heavy atom. The molecule has 2 aliphatic rings. The van der Waals surface area contributed by atoms with Crippen LogP contribution in [0.1, 0.15) is 29.7 Å². The summed E-state index contributed by atoms with van der Waals surface area (Å²) in [4.78, 5) is 11.1. The van der Waals surface area contributed by atoms with Gasteiger partial charge in [0.05, 0.1) is 30.9 Å². The molecule has 8 heteroatoms. The molecule has 6 nitrogen and oxygen atoms in total. The number of fused-ring (bicyclic) bond motifs is 1. The van der Waals surface area contributed by atoms with Crippen LogP contribution in [-0.4, -0.2) is 42.8 Å². The number of nitrogens with zero attached hydrogens (tertiary/aromatic N) is 4. The summed E-state index contributed by atoms with van der Waals surface area (Å²) in [7, 11) is 1.54. The van der Waals surface area contributed by atoms with Crippen LogP contribution >= 0.6 is 11.6 Å². The summed E-state index contributed by atoms with van der Waals surface area (Å²) in [5, 5.41) is 12.5. The number of ether oxygens (including phenoxy) is 1. The molecule has 0 radical (unpaired) electrons. The number of halogens is 2. The highest BCUT2D eigenvalue weighted by Gasteiger charge is 2.27. The molecule has 0 spiro atoms. The van der Waals surface area contributed by atoms with Gasteiger partial charge in [-0.25, -0.2) is 14.4 Å². The van der Waals surface area contributed by atoms with Crippen LogP contribution in [0.2, 0.25) is 5.28 Å². The highest BCUT2D eigenvalue weighted by atomic mass is 35.5. The Hall–Kier alpha value is -2.69. The molecular weight excluding hydrogens is 393 g/mol. The third-order valence-corrected chi connectivity index (χ3v) is 5.52. The van der Waals surface area contributed by atoms with E-state index in [1.807, 2.05) is 6.08 Å². The molecule has 0 bridgehead atoms. The number of benzene rings is 1. The Balaban J connectivity index is 1.73. The average molecular weight is 414 g/mol. The minimum Gasteiger partial charge on any atom is -0.496 e. The Morgan fingerprint density at radius 1 is 1.38 bits per heavy atom. The molecule has 1 aliphatic carbocycles. The van der Waals surface area contributed by atoms with E-state index < -0.39 is 0 Å². The van der Waals surface area contributed by atoms with Crippen LogP contribution in [0, 0.1) is 17.1 Å². The van der Waals surface area contributed by atoms with E-state index in [1.165, 1.54) is 13.2 Å². The van der Waals surface area contributed by atoms with Crippen molar-refractivity contribution in [2.45, 2.75) is 25.3 Å². The smallest absolute Gasteiger partial charge is 0.224 e. The second-order valence-corrected chi connectivity index (χ2v) is 7.46. The number of allylic oxidation sites excluding steroid dienone is 1. The molecular formula is C21H21ClFN5O. The van der Waals surface area contributed by atoms with Crippen molar-refractivity contribution in [3.05, 3.63) is 46.1 Å². The summed E-state index contributed by atoms with van der Waals surface area (Å²) in [5.41, 5.74) is 3.01. The zero-order chi connectivity index (χ0) is 20.4. The minimum absolute atomic E-state index is 0.0931. The summed E-state index contributed by atoms with van der Waals surface area (Å²) in [5.74, 6) is 0.989. The quantitative estimate of drug-likeness (QED) is 0.774. The fourth-order valence-corrected chi connectivity index (χ4v) is 4.20. The van der Waals surface area contributed by atoms with E-state index in [-0.39, 0.29) is 17.1 Å². The Bertz CT molecular complexity index is 1000. The number of anilines is 1. The van der Waals surface area contributed by atoms with E-state index in [0.717, 1.165) is 30.0 Å². The molecule has 1 atom stereocenters. The molecule has 1 aliphatic heterocycles. The van der Waals surface area contributed by atoms with Crippen LogP contribution in [-0.2, 0) is 6.42 Å². The van der Waals surface area contributed by atoms with Gasteiger partial charge in [-0.3, -0.25) is 0 Å². The van der Waals surface area contributed by atoms with Crippen molar-refractivity contribution in [3.8, 4) is 11.8 Å². The Kier molecular flexibility index (Phi) is 5.65. The minimum atomic E-state index is -0.319. The standard InChI is InChI=1S/C21H21ClFN5O/c1-29-18-4-2-3-16(23)19(18)13-5-6-15-17(11-13)26-21(22)27-20(15)28-10-9-25-14(12-28)7-8-24/h2-4,11,14,25H,5-7,9-10,12H2,1H3. The van der Waals surface area contributed by atoms with E-state index in [4.69, 9.17) is 21.6 Å². The molecule has 1 unspecified atom stereocenters. The van der Waals surface area contributed by atoms with Gasteiger partial charge in [-0.05, 0) is 48.2 Å². The predicted octanol–water partition coefficient (Wildman–Crippen LogP) is 3.46. The SMILES string of the molecule is COc1cccc(F)c1C1=Cc2nc(Cl)nc(N3CCNC(CC#N)C3)c2CC1. The zero-order valence-corrected chi connectivity index (χ0v) is 16.8. The first kappa shape index (κ1) is 19.6. The molecule has 0 saturated carbocycles. The van der Waals surface area contributed by atoms with Gasteiger partial charge < -0.3 is 15.0 Å². The summed E-state index contributed by atoms with van der Waals surface area (Å²) in [6.45, 7) is 2.24. The molecule has 1 aromatic carbocycles. The van der Waals surface area contributed by atoms with Gasteiger partial charge in [-0.2, -0.15) is 5.26 Å². The van der Waals surface area contributed by atoms with E-state index in [0.29, 0.717) is 42.8 Å². The van der Waals surface area contributed by atoms with Crippen LogP contribution in [0.5, 0.6) is 5.75 Å². The zero-order valence-electron chi connectivity index (χ0n) is 16.1. The molecule has 1 N–H and O–H groups in total. The van der Waals surface area contributed by atoms with Gasteiger partial charge in [0, 0.05) is 31.2 Å². The van der Waals surface area contributed by atoms with Crippen molar-refractivity contribution in [2.24, 2.45) is 0 Å². The number of hydrogen-bond acceptors (Lipinski definition) is 6. The van der Waals surface area contributed by atoms with Crippen molar-refractivity contribution in [2.75, 3.05) is 31.6 Å². The second-order valence-electron chi connectivity index (χ2n) is 7.13. The number of nitrogens with one attached hydrogen (secondary N) is 1. The first-order chi connectivity index (χ1) is 14.1. The maximum Gasteiger partial charge on any atom is 0.224 e. The van der Waals surface area contributed by atoms with Crippen LogP contribution in [0.15, 0.2) is 18.2 Å². The van der Waals surface area contributed by atoms with E-state index in [1.54, 1.807) is 12.1 Å². The summed E-state index contributed by atoms with van der Waals surface area (Å²) >= 11 is 6.24. The van der Waals surface area contributed by atoms with Gasteiger partial charge >= 0.3 is 0 Å². The van der Waals surface area contributed by atoms with E-state index >= 15 is 0 Å². The molecule has 2 heterocycles. The van der Waals surface area contributed by atoms with E-state index in [9.17, 15) is 4.39 Å². The molecule has 4 rings (SSSR count). The highest BCUT2D eigenvalue weighted by Crippen LogP contribution is 2.38. The van der Waals surface area contributed by atoms with Crippen LogP contribution < -0.4 is 15.0 Å². The molecule has 29 heavy (non-hydrogen) atoms. The highest BCUT2D eigenvalue weighted by molar-refractivity contribution is 6.28. The van der Waals surface area contributed by atoms with Gasteiger partial charge in [-0.15, -0.1) is 0 Å². The number of aromatic nitrogens is 2. The second kappa shape index (κ2) is 8.36. The maximum absolute atomic E-state index is 14.5. The van der Waals surface area contributed by atoms with Crippen LogP contribution in [0.3, 0.4) is 0 Å². The van der Waals surface area contributed by atoms with Crippen molar-refractivity contribution < 1.29 is 9.13 Å². The number of rotatable bonds is 4. The molecule has 1 fully saturated rings. The fraction of sp³-hybridized carbons (Fsp3) is 0.381. The normalized spacial score (nSPS) is 18.6. The maximum atomic E-state index is 14.5. The lowest BCUT2D eigenvalue weighted by Crippen LogP contribution is -2.51.